The summed E-state index contributed by atoms with van der Waals surface area (Å²) >= 11 is 0. The van der Waals surface area contributed by atoms with Crippen LogP contribution in [0.4, 0.5) is 4.79 Å². The van der Waals surface area contributed by atoms with E-state index >= 15 is 0 Å². The van der Waals surface area contributed by atoms with Crippen LogP contribution in [0, 0.1) is 6.57 Å². The van der Waals surface area contributed by atoms with Crippen LogP contribution < -0.4 is 0 Å². The van der Waals surface area contributed by atoms with Gasteiger partial charge < -0.3 is 14.5 Å². The Hall–Kier alpha value is -1.24. The first-order valence-electron chi connectivity index (χ1n) is 4.59. The van der Waals surface area contributed by atoms with Crippen LogP contribution in [0.3, 0.4) is 0 Å². The number of hydrogen-bond acceptors (Lipinski definition) is 2. The van der Waals surface area contributed by atoms with Crippen LogP contribution in [0.25, 0.3) is 4.85 Å². The van der Waals surface area contributed by atoms with Crippen molar-refractivity contribution in [3.05, 3.63) is 11.4 Å². The lowest BCUT2D eigenvalue weighted by Gasteiger charge is -2.14. The lowest BCUT2D eigenvalue weighted by atomic mass is 10.4. The van der Waals surface area contributed by atoms with Crippen LogP contribution in [0.5, 0.6) is 0 Å². The van der Waals surface area contributed by atoms with Crippen LogP contribution in [0.2, 0.25) is 0 Å². The summed E-state index contributed by atoms with van der Waals surface area (Å²) in [6.45, 7) is 8.98. The Morgan fingerprint density at radius 2 is 2.15 bits per heavy atom. The van der Waals surface area contributed by atoms with Crippen molar-refractivity contribution in [3.8, 4) is 0 Å². The Bertz CT molecular complexity index is 204. The number of hydrogen-bond donors (Lipinski definition) is 0. The van der Waals surface area contributed by atoms with Gasteiger partial charge in [0.25, 0.3) is 0 Å². The molecule has 0 saturated carbocycles. The molecular weight excluding hydrogens is 168 g/mol. The summed E-state index contributed by atoms with van der Waals surface area (Å²) in [6.07, 6.45) is 2.58. The minimum absolute atomic E-state index is 0.220. The zero-order chi connectivity index (χ0) is 9.52. The molecule has 0 unspecified atom stereocenters. The molecule has 0 atom stereocenters. The predicted octanol–water partition coefficient (Wildman–Crippen LogP) is 1.53. The minimum atomic E-state index is -0.220. The number of carbonyl (C=O) groups is 1. The summed E-state index contributed by atoms with van der Waals surface area (Å²) in [5, 5.41) is 0. The predicted molar refractivity (Wildman–Crippen MR) is 48.2 cm³/mol. The molecule has 0 aliphatic carbocycles. The second kappa shape index (κ2) is 5.41. The van der Waals surface area contributed by atoms with Crippen LogP contribution in [0.1, 0.15) is 19.3 Å². The van der Waals surface area contributed by atoms with E-state index in [4.69, 9.17) is 11.3 Å². The number of carbonyl (C=O) groups excluding carboxylic acids is 1. The molecule has 0 N–H and O–H groups in total. The van der Waals surface area contributed by atoms with Crippen molar-refractivity contribution >= 4 is 6.09 Å². The van der Waals surface area contributed by atoms with Crippen molar-refractivity contribution in [3.63, 3.8) is 0 Å². The van der Waals surface area contributed by atoms with Crippen LogP contribution in [-0.4, -0.2) is 37.2 Å². The summed E-state index contributed by atoms with van der Waals surface area (Å²) in [5.41, 5.74) is 0. The molecule has 0 aromatic rings. The minimum Gasteiger partial charge on any atom is -0.449 e. The maximum absolute atomic E-state index is 11.2. The Labute approximate surface area is 78.3 Å². The Kier molecular flexibility index (Phi) is 4.10. The standard InChI is InChI=1S/C9H14N2O2/c1-10-5-4-8-13-9(12)11-6-2-3-7-11/h2-8H2. The van der Waals surface area contributed by atoms with Gasteiger partial charge in [-0.1, -0.05) is 0 Å². The largest absolute Gasteiger partial charge is 0.449 e. The third-order valence-corrected chi connectivity index (χ3v) is 2.00. The number of amides is 1. The maximum Gasteiger partial charge on any atom is 0.409 e. The third kappa shape index (κ3) is 3.32. The van der Waals surface area contributed by atoms with Gasteiger partial charge in [0.2, 0.25) is 6.54 Å². The van der Waals surface area contributed by atoms with Gasteiger partial charge in [-0.2, -0.15) is 0 Å². The van der Waals surface area contributed by atoms with Gasteiger partial charge in [-0.15, -0.1) is 0 Å². The molecule has 1 aliphatic rings. The van der Waals surface area contributed by atoms with E-state index in [2.05, 4.69) is 4.85 Å². The molecule has 4 heteroatoms. The summed E-state index contributed by atoms with van der Waals surface area (Å²) in [6, 6.07) is 0. The van der Waals surface area contributed by atoms with Crippen LogP contribution in [-0.2, 0) is 4.74 Å². The molecular formula is C9H14N2O2. The second-order valence-electron chi connectivity index (χ2n) is 3.04. The van der Waals surface area contributed by atoms with E-state index in [0.29, 0.717) is 19.6 Å². The molecule has 0 aromatic heterocycles. The molecule has 1 rings (SSSR count). The van der Waals surface area contributed by atoms with E-state index in [0.717, 1.165) is 25.9 Å². The van der Waals surface area contributed by atoms with Gasteiger partial charge >= 0.3 is 6.09 Å². The van der Waals surface area contributed by atoms with Gasteiger partial charge in [0.05, 0.1) is 6.42 Å². The van der Waals surface area contributed by atoms with Crippen molar-refractivity contribution in [2.24, 2.45) is 0 Å². The number of likely N-dealkylation sites (tertiary alicyclic amines) is 1. The van der Waals surface area contributed by atoms with Crippen molar-refractivity contribution in [2.75, 3.05) is 26.2 Å². The first-order valence-corrected chi connectivity index (χ1v) is 4.59. The zero-order valence-corrected chi connectivity index (χ0v) is 7.66. The first-order chi connectivity index (χ1) is 6.34. The molecule has 1 heterocycles. The molecule has 0 spiro atoms. The summed E-state index contributed by atoms with van der Waals surface area (Å²) in [4.78, 5) is 16.1. The average Bonchev–Trinajstić information content (AvgIpc) is 2.65. The van der Waals surface area contributed by atoms with E-state index < -0.39 is 0 Å². The normalized spacial score (nSPS) is 15.5. The molecule has 1 aliphatic heterocycles. The average molecular weight is 182 g/mol. The fraction of sp³-hybridized carbons (Fsp3) is 0.778. The highest BCUT2D eigenvalue weighted by Gasteiger charge is 2.18. The highest BCUT2D eigenvalue weighted by atomic mass is 16.6. The lowest BCUT2D eigenvalue weighted by Crippen LogP contribution is -2.28. The number of ether oxygens (including phenoxy) is 1. The fourth-order valence-corrected chi connectivity index (χ4v) is 1.29. The smallest absolute Gasteiger partial charge is 0.409 e. The topological polar surface area (TPSA) is 33.9 Å². The molecule has 72 valence electrons. The molecule has 1 fully saturated rings. The summed E-state index contributed by atoms with van der Waals surface area (Å²) in [5.74, 6) is 0. The lowest BCUT2D eigenvalue weighted by molar-refractivity contribution is 0.110. The Balaban J connectivity index is 2.07. The number of nitrogens with zero attached hydrogens (tertiary/aromatic N) is 2. The van der Waals surface area contributed by atoms with E-state index in [1.54, 1.807) is 4.90 Å². The molecule has 1 saturated heterocycles. The third-order valence-electron chi connectivity index (χ3n) is 2.00. The maximum atomic E-state index is 11.2. The van der Waals surface area contributed by atoms with Crippen molar-refractivity contribution in [1.82, 2.24) is 4.90 Å². The monoisotopic (exact) mass is 182 g/mol. The van der Waals surface area contributed by atoms with E-state index in [-0.39, 0.29) is 6.09 Å². The Morgan fingerprint density at radius 1 is 1.46 bits per heavy atom. The fourth-order valence-electron chi connectivity index (χ4n) is 1.29. The van der Waals surface area contributed by atoms with E-state index in [1.807, 2.05) is 0 Å². The molecule has 0 aromatic carbocycles. The zero-order valence-electron chi connectivity index (χ0n) is 7.66. The van der Waals surface area contributed by atoms with E-state index in [1.165, 1.54) is 0 Å². The van der Waals surface area contributed by atoms with Gasteiger partial charge in [0.15, 0.2) is 0 Å². The first kappa shape index (κ1) is 9.85. The van der Waals surface area contributed by atoms with Crippen molar-refractivity contribution in [2.45, 2.75) is 19.3 Å². The van der Waals surface area contributed by atoms with Gasteiger partial charge in [-0.05, 0) is 12.8 Å². The molecule has 1 amide bonds. The van der Waals surface area contributed by atoms with Gasteiger partial charge in [0.1, 0.15) is 6.61 Å². The Morgan fingerprint density at radius 3 is 2.77 bits per heavy atom. The highest BCUT2D eigenvalue weighted by Crippen LogP contribution is 2.08. The summed E-state index contributed by atoms with van der Waals surface area (Å²) < 4.78 is 4.97. The molecule has 4 nitrogen and oxygen atoms in total. The molecule has 13 heavy (non-hydrogen) atoms. The van der Waals surface area contributed by atoms with Crippen LogP contribution in [0.15, 0.2) is 0 Å². The van der Waals surface area contributed by atoms with Crippen molar-refractivity contribution in [1.29, 1.82) is 0 Å². The SMILES string of the molecule is [C-]#[N+]CCCOC(=O)N1CCCC1. The summed E-state index contributed by atoms with van der Waals surface area (Å²) in [7, 11) is 0. The highest BCUT2D eigenvalue weighted by molar-refractivity contribution is 5.67. The quantitative estimate of drug-likeness (QED) is 0.490. The van der Waals surface area contributed by atoms with Crippen molar-refractivity contribution < 1.29 is 9.53 Å². The van der Waals surface area contributed by atoms with Gasteiger partial charge in [-0.25, -0.2) is 11.4 Å². The van der Waals surface area contributed by atoms with Gasteiger partial charge in [0, 0.05) is 13.1 Å². The van der Waals surface area contributed by atoms with Crippen LogP contribution >= 0.6 is 0 Å². The van der Waals surface area contributed by atoms with E-state index in [9.17, 15) is 4.79 Å². The second-order valence-corrected chi connectivity index (χ2v) is 3.04. The molecule has 0 radical (unpaired) electrons. The van der Waals surface area contributed by atoms with Gasteiger partial charge in [-0.3, -0.25) is 0 Å². The molecule has 0 bridgehead atoms. The number of rotatable bonds is 3.